The van der Waals surface area contributed by atoms with E-state index in [-0.39, 0.29) is 12.1 Å². The molecule has 0 radical (unpaired) electrons. The quantitative estimate of drug-likeness (QED) is 0.540. The van der Waals surface area contributed by atoms with E-state index in [0.717, 1.165) is 43.1 Å². The van der Waals surface area contributed by atoms with Gasteiger partial charge in [-0.05, 0) is 67.8 Å². The Kier molecular flexibility index (Phi) is 6.50. The van der Waals surface area contributed by atoms with Crippen molar-refractivity contribution in [2.75, 3.05) is 25.0 Å². The SMILES string of the molecule is Cc1ccccc1C(C)N1CC2CC1CN2C(=O)Nc1ccc(OCCc2ccccn2)cc1. The van der Waals surface area contributed by atoms with Crippen molar-refractivity contribution in [3.63, 3.8) is 0 Å². The van der Waals surface area contributed by atoms with Crippen LogP contribution in [0.3, 0.4) is 0 Å². The van der Waals surface area contributed by atoms with Crippen molar-refractivity contribution in [3.8, 4) is 5.75 Å². The predicted octanol–water partition coefficient (Wildman–Crippen LogP) is 5.06. The molecule has 3 unspecified atom stereocenters. The molecule has 0 aliphatic carbocycles. The molecule has 3 heterocycles. The Morgan fingerprint density at radius 3 is 2.56 bits per heavy atom. The summed E-state index contributed by atoms with van der Waals surface area (Å²) in [5.41, 5.74) is 4.51. The van der Waals surface area contributed by atoms with Gasteiger partial charge in [-0.2, -0.15) is 0 Å². The third-order valence-electron chi connectivity index (χ3n) is 7.14. The molecule has 2 aromatic carbocycles. The number of aryl methyl sites for hydroxylation is 1. The van der Waals surface area contributed by atoms with Crippen LogP contribution in [0.5, 0.6) is 5.75 Å². The van der Waals surface area contributed by atoms with Gasteiger partial charge in [0.15, 0.2) is 0 Å². The molecule has 3 atom stereocenters. The Morgan fingerprint density at radius 1 is 1.06 bits per heavy atom. The minimum Gasteiger partial charge on any atom is -0.493 e. The van der Waals surface area contributed by atoms with Crippen molar-refractivity contribution >= 4 is 11.7 Å². The molecule has 0 saturated carbocycles. The lowest BCUT2D eigenvalue weighted by molar-refractivity contribution is 0.115. The lowest BCUT2D eigenvalue weighted by Crippen LogP contribution is -2.50. The number of nitrogens with zero attached hydrogens (tertiary/aromatic N) is 3. The fourth-order valence-electron chi connectivity index (χ4n) is 5.30. The second-order valence-corrected chi connectivity index (χ2v) is 9.30. The third kappa shape index (κ3) is 4.77. The molecule has 2 bridgehead atoms. The monoisotopic (exact) mass is 456 g/mol. The zero-order chi connectivity index (χ0) is 23.5. The number of fused-ring (bicyclic) bond motifs is 2. The molecular weight excluding hydrogens is 424 g/mol. The number of carbonyl (C=O) groups is 1. The van der Waals surface area contributed by atoms with Crippen molar-refractivity contribution in [1.82, 2.24) is 14.8 Å². The van der Waals surface area contributed by atoms with Crippen molar-refractivity contribution in [1.29, 1.82) is 0 Å². The normalized spacial score (nSPS) is 20.4. The van der Waals surface area contributed by atoms with Gasteiger partial charge in [-0.1, -0.05) is 30.3 Å². The predicted molar refractivity (Wildman–Crippen MR) is 134 cm³/mol. The summed E-state index contributed by atoms with van der Waals surface area (Å²) in [4.78, 5) is 21.9. The molecule has 2 aliphatic rings. The topological polar surface area (TPSA) is 57.7 Å². The average molecular weight is 457 g/mol. The van der Waals surface area contributed by atoms with E-state index in [1.807, 2.05) is 47.4 Å². The van der Waals surface area contributed by atoms with Crippen LogP contribution >= 0.6 is 0 Å². The van der Waals surface area contributed by atoms with E-state index >= 15 is 0 Å². The van der Waals surface area contributed by atoms with Gasteiger partial charge in [-0.25, -0.2) is 4.79 Å². The summed E-state index contributed by atoms with van der Waals surface area (Å²) in [6.07, 6.45) is 3.60. The molecule has 2 saturated heterocycles. The molecule has 176 valence electrons. The van der Waals surface area contributed by atoms with Crippen molar-refractivity contribution in [3.05, 3.63) is 89.7 Å². The number of hydrogen-bond acceptors (Lipinski definition) is 4. The first-order valence-electron chi connectivity index (χ1n) is 12.1. The highest BCUT2D eigenvalue weighted by Crippen LogP contribution is 2.37. The number of hydrogen-bond donors (Lipinski definition) is 1. The van der Waals surface area contributed by atoms with Gasteiger partial charge in [0.1, 0.15) is 5.75 Å². The molecule has 34 heavy (non-hydrogen) atoms. The maximum absolute atomic E-state index is 13.0. The second kappa shape index (κ2) is 9.85. The molecule has 5 rings (SSSR count). The van der Waals surface area contributed by atoms with Crippen LogP contribution in [0.25, 0.3) is 0 Å². The maximum atomic E-state index is 13.0. The number of pyridine rings is 1. The van der Waals surface area contributed by atoms with Crippen LogP contribution in [0.4, 0.5) is 10.5 Å². The van der Waals surface area contributed by atoms with Gasteiger partial charge in [0, 0.05) is 55.2 Å². The molecule has 6 nitrogen and oxygen atoms in total. The molecule has 1 N–H and O–H groups in total. The Labute approximate surface area is 201 Å². The number of nitrogens with one attached hydrogen (secondary N) is 1. The molecule has 1 aromatic heterocycles. The van der Waals surface area contributed by atoms with Crippen LogP contribution in [0.1, 0.15) is 36.2 Å². The van der Waals surface area contributed by atoms with Gasteiger partial charge in [0.25, 0.3) is 0 Å². The lowest BCUT2D eigenvalue weighted by Gasteiger charge is -2.38. The van der Waals surface area contributed by atoms with E-state index in [1.54, 1.807) is 6.20 Å². The highest BCUT2D eigenvalue weighted by molar-refractivity contribution is 5.90. The summed E-state index contributed by atoms with van der Waals surface area (Å²) in [5.74, 6) is 0.787. The van der Waals surface area contributed by atoms with Gasteiger partial charge < -0.3 is 15.0 Å². The number of piperazine rings is 1. The van der Waals surface area contributed by atoms with Gasteiger partial charge in [0.05, 0.1) is 6.61 Å². The van der Waals surface area contributed by atoms with E-state index in [0.29, 0.717) is 18.7 Å². The van der Waals surface area contributed by atoms with E-state index in [1.165, 1.54) is 11.1 Å². The van der Waals surface area contributed by atoms with Crippen LogP contribution in [0.15, 0.2) is 72.9 Å². The van der Waals surface area contributed by atoms with E-state index < -0.39 is 0 Å². The summed E-state index contributed by atoms with van der Waals surface area (Å²) in [6.45, 7) is 6.74. The summed E-state index contributed by atoms with van der Waals surface area (Å²) in [7, 11) is 0. The minimum atomic E-state index is -0.0143. The number of anilines is 1. The van der Waals surface area contributed by atoms with Crippen molar-refractivity contribution in [2.45, 2.75) is 44.8 Å². The van der Waals surface area contributed by atoms with Crippen LogP contribution in [-0.4, -0.2) is 52.6 Å². The minimum absolute atomic E-state index is 0.0143. The Bertz CT molecular complexity index is 1120. The molecule has 2 aliphatic heterocycles. The first kappa shape index (κ1) is 22.4. The van der Waals surface area contributed by atoms with Gasteiger partial charge in [-0.15, -0.1) is 0 Å². The fraction of sp³-hybridized carbons (Fsp3) is 0.357. The Balaban J connectivity index is 1.12. The first-order chi connectivity index (χ1) is 16.6. The van der Waals surface area contributed by atoms with Gasteiger partial charge in [0.2, 0.25) is 0 Å². The number of urea groups is 1. The summed E-state index contributed by atoms with van der Waals surface area (Å²) >= 11 is 0. The second-order valence-electron chi connectivity index (χ2n) is 9.30. The number of carbonyl (C=O) groups excluding carboxylic acids is 1. The van der Waals surface area contributed by atoms with E-state index in [9.17, 15) is 4.79 Å². The molecule has 2 fully saturated rings. The van der Waals surface area contributed by atoms with E-state index in [2.05, 4.69) is 53.3 Å². The zero-order valence-electron chi connectivity index (χ0n) is 19.9. The smallest absolute Gasteiger partial charge is 0.322 e. The van der Waals surface area contributed by atoms with Crippen LogP contribution in [0.2, 0.25) is 0 Å². The summed E-state index contributed by atoms with van der Waals surface area (Å²) in [5, 5.41) is 3.07. The molecule has 6 heteroatoms. The van der Waals surface area contributed by atoms with E-state index in [4.69, 9.17) is 4.74 Å². The lowest BCUT2D eigenvalue weighted by atomic mass is 10.0. The highest BCUT2D eigenvalue weighted by Gasteiger charge is 2.46. The largest absolute Gasteiger partial charge is 0.493 e. The number of amides is 2. The number of ether oxygens (including phenoxy) is 1. The van der Waals surface area contributed by atoms with Crippen LogP contribution in [0, 0.1) is 6.92 Å². The molecular formula is C28H32N4O2. The third-order valence-corrected chi connectivity index (χ3v) is 7.14. The molecule has 0 spiro atoms. The number of benzene rings is 2. The Hall–Kier alpha value is -3.38. The van der Waals surface area contributed by atoms with Gasteiger partial charge in [-0.3, -0.25) is 9.88 Å². The Morgan fingerprint density at radius 2 is 1.85 bits per heavy atom. The zero-order valence-corrected chi connectivity index (χ0v) is 19.9. The first-order valence-corrected chi connectivity index (χ1v) is 12.1. The molecule has 2 amide bonds. The van der Waals surface area contributed by atoms with Crippen LogP contribution < -0.4 is 10.1 Å². The summed E-state index contributed by atoms with van der Waals surface area (Å²) in [6, 6.07) is 23.1. The van der Waals surface area contributed by atoms with Gasteiger partial charge >= 0.3 is 6.03 Å². The van der Waals surface area contributed by atoms with Crippen molar-refractivity contribution in [2.24, 2.45) is 0 Å². The molecule has 3 aromatic rings. The number of rotatable bonds is 7. The summed E-state index contributed by atoms with van der Waals surface area (Å²) < 4.78 is 5.82. The average Bonchev–Trinajstić information content (AvgIpc) is 3.47. The highest BCUT2D eigenvalue weighted by atomic mass is 16.5. The van der Waals surface area contributed by atoms with Crippen molar-refractivity contribution < 1.29 is 9.53 Å². The number of aromatic nitrogens is 1. The fourth-order valence-corrected chi connectivity index (χ4v) is 5.30. The number of likely N-dealkylation sites (tertiary alicyclic amines) is 2. The van der Waals surface area contributed by atoms with Crippen LogP contribution in [-0.2, 0) is 6.42 Å². The maximum Gasteiger partial charge on any atom is 0.322 e. The standard InChI is InChI=1S/C28H32N4O2/c1-20-7-3-4-9-27(20)21(2)31-18-25-17-24(31)19-32(25)28(33)30-23-10-12-26(13-11-23)34-16-14-22-8-5-6-15-29-22/h3-13,15,21,24-25H,14,16-19H2,1-2H3,(H,30,33).